The summed E-state index contributed by atoms with van der Waals surface area (Å²) in [6, 6.07) is 16.7. The van der Waals surface area contributed by atoms with Crippen LogP contribution in [0, 0.1) is 0 Å². The van der Waals surface area contributed by atoms with Crippen LogP contribution in [-0.2, 0) is 0 Å². The molecule has 2 aromatic rings. The molecule has 6 nitrogen and oxygen atoms in total. The van der Waals surface area contributed by atoms with Gasteiger partial charge in [-0.05, 0) is 30.7 Å². The molecule has 31 heavy (non-hydrogen) atoms. The molecule has 2 aliphatic rings. The quantitative estimate of drug-likeness (QED) is 0.677. The van der Waals surface area contributed by atoms with Crippen LogP contribution < -0.4 is 19.3 Å². The van der Waals surface area contributed by atoms with E-state index < -0.39 is 0 Å². The summed E-state index contributed by atoms with van der Waals surface area (Å²) < 4.78 is 11.2. The molecule has 2 saturated heterocycles. The zero-order valence-corrected chi connectivity index (χ0v) is 19.2. The Morgan fingerprint density at radius 2 is 1.03 bits per heavy atom. The van der Waals surface area contributed by atoms with Crippen molar-refractivity contribution in [2.45, 2.75) is 19.5 Å². The number of piperazine rings is 2. The molecule has 2 aliphatic heterocycles. The van der Waals surface area contributed by atoms with E-state index in [4.69, 9.17) is 9.47 Å². The minimum absolute atomic E-state index is 0.514. The summed E-state index contributed by atoms with van der Waals surface area (Å²) in [5.74, 6) is 1.94. The van der Waals surface area contributed by atoms with Gasteiger partial charge in [-0.3, -0.25) is 9.80 Å². The lowest BCUT2D eigenvalue weighted by atomic mass is 10.1. The van der Waals surface area contributed by atoms with E-state index >= 15 is 0 Å². The Kier molecular flexibility index (Phi) is 7.20. The molecule has 6 heteroatoms. The zero-order chi connectivity index (χ0) is 21.6. The highest BCUT2D eigenvalue weighted by Crippen LogP contribution is 2.30. The van der Waals surface area contributed by atoms with Crippen LogP contribution in [-0.4, -0.2) is 82.5 Å². The third kappa shape index (κ3) is 4.75. The van der Waals surface area contributed by atoms with Crippen LogP contribution in [0.25, 0.3) is 0 Å². The topological polar surface area (TPSA) is 31.4 Å². The molecule has 0 radical (unpaired) electrons. The maximum absolute atomic E-state index is 5.58. The maximum atomic E-state index is 5.58. The van der Waals surface area contributed by atoms with Crippen molar-refractivity contribution in [1.29, 1.82) is 0 Å². The Labute approximate surface area is 186 Å². The molecule has 0 amide bonds. The van der Waals surface area contributed by atoms with E-state index in [0.29, 0.717) is 6.17 Å². The van der Waals surface area contributed by atoms with Gasteiger partial charge in [0.05, 0.1) is 31.8 Å². The first-order chi connectivity index (χ1) is 15.2. The normalized spacial score (nSPS) is 18.5. The number of para-hydroxylation sites is 4. The summed E-state index contributed by atoms with van der Waals surface area (Å²) in [7, 11) is 3.51. The summed E-state index contributed by atoms with van der Waals surface area (Å²) in [6.07, 6.45) is 1.67. The molecule has 0 aromatic heterocycles. The van der Waals surface area contributed by atoms with Crippen LogP contribution in [0.5, 0.6) is 11.5 Å². The van der Waals surface area contributed by atoms with Gasteiger partial charge in [-0.1, -0.05) is 31.2 Å². The van der Waals surface area contributed by atoms with Crippen LogP contribution in [0.3, 0.4) is 0 Å². The molecule has 0 N–H and O–H groups in total. The number of ether oxygens (including phenoxy) is 2. The molecule has 2 heterocycles. The second-order valence-corrected chi connectivity index (χ2v) is 8.28. The van der Waals surface area contributed by atoms with Gasteiger partial charge in [0.1, 0.15) is 11.5 Å². The van der Waals surface area contributed by atoms with Gasteiger partial charge in [-0.15, -0.1) is 0 Å². The van der Waals surface area contributed by atoms with E-state index in [9.17, 15) is 0 Å². The van der Waals surface area contributed by atoms with Gasteiger partial charge < -0.3 is 19.3 Å². The lowest BCUT2D eigenvalue weighted by Gasteiger charge is -2.47. The first-order valence-electron chi connectivity index (χ1n) is 11.5. The van der Waals surface area contributed by atoms with Crippen molar-refractivity contribution in [3.63, 3.8) is 0 Å². The fourth-order valence-corrected chi connectivity index (χ4v) is 5.05. The molecule has 0 unspecified atom stereocenters. The lowest BCUT2D eigenvalue weighted by Crippen LogP contribution is -2.59. The summed E-state index contributed by atoms with van der Waals surface area (Å²) in [5.41, 5.74) is 2.42. The number of anilines is 2. The minimum atomic E-state index is 0.514. The standard InChI is InChI=1S/C25H36N4O2/c1-4-25(28-17-13-26(14-18-28)21-9-5-7-11-23(21)30-2)29-19-15-27(16-20-29)22-10-6-8-12-24(22)31-3/h5-12,25H,4,13-20H2,1-3H3. The molecule has 4 rings (SSSR count). The van der Waals surface area contributed by atoms with E-state index in [-0.39, 0.29) is 0 Å². The average molecular weight is 425 g/mol. The number of methoxy groups -OCH3 is 2. The van der Waals surface area contributed by atoms with E-state index in [1.807, 2.05) is 12.1 Å². The number of hydrogen-bond donors (Lipinski definition) is 0. The van der Waals surface area contributed by atoms with E-state index in [0.717, 1.165) is 70.3 Å². The van der Waals surface area contributed by atoms with Crippen molar-refractivity contribution >= 4 is 11.4 Å². The highest BCUT2D eigenvalue weighted by molar-refractivity contribution is 5.59. The largest absolute Gasteiger partial charge is 0.495 e. The summed E-state index contributed by atoms with van der Waals surface area (Å²) in [5, 5.41) is 0. The smallest absolute Gasteiger partial charge is 0.142 e. The monoisotopic (exact) mass is 424 g/mol. The fraction of sp³-hybridized carbons (Fsp3) is 0.520. The SMILES string of the molecule is CCC(N1CCN(c2ccccc2OC)CC1)N1CCN(c2ccccc2OC)CC1. The van der Waals surface area contributed by atoms with Gasteiger partial charge in [0.15, 0.2) is 0 Å². The van der Waals surface area contributed by atoms with Gasteiger partial charge in [0, 0.05) is 52.4 Å². The van der Waals surface area contributed by atoms with Crippen molar-refractivity contribution < 1.29 is 9.47 Å². The van der Waals surface area contributed by atoms with E-state index in [2.05, 4.69) is 62.9 Å². The molecule has 0 bridgehead atoms. The molecule has 2 aromatic carbocycles. The lowest BCUT2D eigenvalue weighted by molar-refractivity contribution is 0.0310. The maximum Gasteiger partial charge on any atom is 0.142 e. The zero-order valence-electron chi connectivity index (χ0n) is 19.2. The summed E-state index contributed by atoms with van der Waals surface area (Å²) >= 11 is 0. The predicted octanol–water partition coefficient (Wildman–Crippen LogP) is 3.38. The first kappa shape index (κ1) is 21.8. The first-order valence-corrected chi connectivity index (χ1v) is 11.5. The second kappa shape index (κ2) is 10.2. The number of benzene rings is 2. The Bertz CT molecular complexity index is 762. The van der Waals surface area contributed by atoms with Crippen molar-refractivity contribution in [3.8, 4) is 11.5 Å². The van der Waals surface area contributed by atoms with Gasteiger partial charge >= 0.3 is 0 Å². The van der Waals surface area contributed by atoms with Crippen LogP contribution in [0.1, 0.15) is 13.3 Å². The predicted molar refractivity (Wildman–Crippen MR) is 128 cm³/mol. The molecule has 168 valence electrons. The van der Waals surface area contributed by atoms with Gasteiger partial charge in [0.2, 0.25) is 0 Å². The third-order valence-corrected chi connectivity index (χ3v) is 6.69. The van der Waals surface area contributed by atoms with Crippen LogP contribution in [0.4, 0.5) is 11.4 Å². The molecule has 0 aliphatic carbocycles. The molecule has 0 atom stereocenters. The highest BCUT2D eigenvalue weighted by Gasteiger charge is 2.30. The van der Waals surface area contributed by atoms with Crippen molar-refractivity contribution in [2.75, 3.05) is 76.4 Å². The van der Waals surface area contributed by atoms with Gasteiger partial charge in [-0.2, -0.15) is 0 Å². The number of nitrogens with zero attached hydrogens (tertiary/aromatic N) is 4. The summed E-state index contributed by atoms with van der Waals surface area (Å²) in [6.45, 7) is 10.8. The number of hydrogen-bond acceptors (Lipinski definition) is 6. The molecular weight excluding hydrogens is 388 g/mol. The van der Waals surface area contributed by atoms with Crippen molar-refractivity contribution in [1.82, 2.24) is 9.80 Å². The Morgan fingerprint density at radius 1 is 0.645 bits per heavy atom. The van der Waals surface area contributed by atoms with E-state index in [1.54, 1.807) is 14.2 Å². The van der Waals surface area contributed by atoms with Crippen LogP contribution >= 0.6 is 0 Å². The molecule has 2 fully saturated rings. The Hall–Kier alpha value is -2.44. The van der Waals surface area contributed by atoms with Crippen molar-refractivity contribution in [2.24, 2.45) is 0 Å². The van der Waals surface area contributed by atoms with Crippen LogP contribution in [0.15, 0.2) is 48.5 Å². The average Bonchev–Trinajstić information content (AvgIpc) is 2.85. The van der Waals surface area contributed by atoms with Crippen LogP contribution in [0.2, 0.25) is 0 Å². The second-order valence-electron chi connectivity index (χ2n) is 8.28. The summed E-state index contributed by atoms with van der Waals surface area (Å²) in [4.78, 5) is 10.3. The Balaban J connectivity index is 1.34. The fourth-order valence-electron chi connectivity index (χ4n) is 5.05. The van der Waals surface area contributed by atoms with Gasteiger partial charge in [-0.25, -0.2) is 0 Å². The van der Waals surface area contributed by atoms with E-state index in [1.165, 1.54) is 11.4 Å². The minimum Gasteiger partial charge on any atom is -0.495 e. The Morgan fingerprint density at radius 3 is 1.39 bits per heavy atom. The number of rotatable bonds is 7. The molecule has 0 spiro atoms. The van der Waals surface area contributed by atoms with Gasteiger partial charge in [0.25, 0.3) is 0 Å². The molecule has 0 saturated carbocycles. The highest BCUT2D eigenvalue weighted by atomic mass is 16.5. The molecular formula is C25H36N4O2. The third-order valence-electron chi connectivity index (χ3n) is 6.69. The van der Waals surface area contributed by atoms with Crippen molar-refractivity contribution in [3.05, 3.63) is 48.5 Å².